The first-order valence-electron chi connectivity index (χ1n) is 6.12. The topological polar surface area (TPSA) is 3.24 Å². The fourth-order valence-corrected chi connectivity index (χ4v) is 2.50. The Hall–Kier alpha value is -0.700. The van der Waals surface area contributed by atoms with Gasteiger partial charge in [0.2, 0.25) is 0 Å². The maximum Gasteiger partial charge on any atom is 0.129 e. The van der Waals surface area contributed by atoms with Crippen molar-refractivity contribution in [3.8, 4) is 0 Å². The average molecular weight is 227 g/mol. The predicted molar refractivity (Wildman–Crippen MR) is 61.6 cm³/mol. The first-order valence-corrected chi connectivity index (χ1v) is 6.12. The van der Waals surface area contributed by atoms with Crippen LogP contribution in [0.15, 0.2) is 23.6 Å². The molecule has 1 aliphatic heterocycles. The Kier molecular flexibility index (Phi) is 3.74. The summed E-state index contributed by atoms with van der Waals surface area (Å²) >= 11 is 0. The minimum Gasteiger partial charge on any atom is -0.299 e. The van der Waals surface area contributed by atoms with Crippen LogP contribution in [0.5, 0.6) is 0 Å². The largest absolute Gasteiger partial charge is 0.299 e. The minimum absolute atomic E-state index is 0.327. The Labute approximate surface area is 95.8 Å². The van der Waals surface area contributed by atoms with Gasteiger partial charge in [-0.1, -0.05) is 19.4 Å². The monoisotopic (exact) mass is 227 g/mol. The van der Waals surface area contributed by atoms with Gasteiger partial charge in [-0.05, 0) is 25.0 Å². The molecule has 2 atom stereocenters. The minimum atomic E-state index is -1.12. The number of hydrogen-bond donors (Lipinski definition) is 0. The lowest BCUT2D eigenvalue weighted by atomic mass is 10.0. The summed E-state index contributed by atoms with van der Waals surface area (Å²) in [5.74, 6) is 0.347. The molecule has 2 unspecified atom stereocenters. The maximum absolute atomic E-state index is 13.6. The highest BCUT2D eigenvalue weighted by Crippen LogP contribution is 2.27. The lowest BCUT2D eigenvalue weighted by Crippen LogP contribution is -2.27. The second-order valence-corrected chi connectivity index (χ2v) is 4.78. The summed E-state index contributed by atoms with van der Waals surface area (Å²) in [6.07, 6.45) is 4.51. The second kappa shape index (κ2) is 5.09. The summed E-state index contributed by atoms with van der Waals surface area (Å²) in [5.41, 5.74) is 0.347. The molecule has 0 N–H and O–H groups in total. The zero-order valence-corrected chi connectivity index (χ0v) is 9.76. The lowest BCUT2D eigenvalue weighted by molar-refractivity contribution is 0.298. The van der Waals surface area contributed by atoms with E-state index in [4.69, 9.17) is 0 Å². The molecule has 3 heteroatoms. The average Bonchev–Trinajstić information content (AvgIpc) is 2.71. The first-order chi connectivity index (χ1) is 7.70. The molecule has 0 aromatic rings. The molecule has 0 aromatic heterocycles. The van der Waals surface area contributed by atoms with Crippen molar-refractivity contribution in [2.45, 2.75) is 32.4 Å². The fourth-order valence-electron chi connectivity index (χ4n) is 2.50. The zero-order valence-electron chi connectivity index (χ0n) is 9.76. The Morgan fingerprint density at radius 1 is 1.50 bits per heavy atom. The third-order valence-electron chi connectivity index (χ3n) is 3.63. The van der Waals surface area contributed by atoms with Crippen LogP contribution >= 0.6 is 0 Å². The molecule has 0 bridgehead atoms. The zero-order chi connectivity index (χ0) is 11.5. The van der Waals surface area contributed by atoms with Gasteiger partial charge in [0.15, 0.2) is 0 Å². The smallest absolute Gasteiger partial charge is 0.129 e. The van der Waals surface area contributed by atoms with Crippen LogP contribution in [0.2, 0.25) is 0 Å². The van der Waals surface area contributed by atoms with Crippen LogP contribution in [0.4, 0.5) is 8.78 Å². The van der Waals surface area contributed by atoms with Crippen molar-refractivity contribution in [2.24, 2.45) is 5.92 Å². The van der Waals surface area contributed by atoms with Gasteiger partial charge in [-0.3, -0.25) is 4.90 Å². The summed E-state index contributed by atoms with van der Waals surface area (Å²) < 4.78 is 27.0. The molecule has 1 saturated heterocycles. The van der Waals surface area contributed by atoms with E-state index in [9.17, 15) is 8.78 Å². The molecule has 1 aliphatic carbocycles. The number of nitrogens with zero attached hydrogens (tertiary/aromatic N) is 1. The Morgan fingerprint density at radius 2 is 2.31 bits per heavy atom. The van der Waals surface area contributed by atoms with E-state index in [1.54, 1.807) is 6.08 Å². The fraction of sp³-hybridized carbons (Fsp3) is 0.692. The first kappa shape index (κ1) is 11.8. The van der Waals surface area contributed by atoms with Crippen molar-refractivity contribution in [1.29, 1.82) is 0 Å². The third-order valence-corrected chi connectivity index (χ3v) is 3.63. The van der Waals surface area contributed by atoms with Gasteiger partial charge >= 0.3 is 0 Å². The molecule has 2 rings (SSSR count). The number of halogens is 2. The van der Waals surface area contributed by atoms with Crippen LogP contribution < -0.4 is 0 Å². The number of hydrogen-bond acceptors (Lipinski definition) is 1. The second-order valence-electron chi connectivity index (χ2n) is 4.78. The predicted octanol–water partition coefficient (Wildman–Crippen LogP) is 3.24. The van der Waals surface area contributed by atoms with Crippen molar-refractivity contribution < 1.29 is 8.78 Å². The molecule has 0 saturated carbocycles. The quantitative estimate of drug-likeness (QED) is 0.715. The third kappa shape index (κ3) is 2.51. The van der Waals surface area contributed by atoms with Crippen LogP contribution in [0.3, 0.4) is 0 Å². The summed E-state index contributed by atoms with van der Waals surface area (Å²) in [5, 5.41) is 0. The number of alkyl halides is 1. The molecular weight excluding hydrogens is 208 g/mol. The highest BCUT2D eigenvalue weighted by atomic mass is 19.1. The summed E-state index contributed by atoms with van der Waals surface area (Å²) in [4.78, 5) is 2.18. The normalized spacial score (nSPS) is 31.4. The number of allylic oxidation sites excluding steroid dienone is 3. The van der Waals surface area contributed by atoms with E-state index < -0.39 is 6.17 Å². The van der Waals surface area contributed by atoms with Gasteiger partial charge in [0.05, 0.1) is 0 Å². The maximum atomic E-state index is 13.6. The van der Waals surface area contributed by atoms with Gasteiger partial charge in [-0.15, -0.1) is 0 Å². The van der Waals surface area contributed by atoms with E-state index >= 15 is 0 Å². The van der Waals surface area contributed by atoms with Crippen LogP contribution in [-0.2, 0) is 0 Å². The van der Waals surface area contributed by atoms with Crippen molar-refractivity contribution in [3.63, 3.8) is 0 Å². The van der Waals surface area contributed by atoms with Crippen LogP contribution in [-0.4, -0.2) is 30.7 Å². The van der Waals surface area contributed by atoms with Crippen molar-refractivity contribution >= 4 is 0 Å². The highest BCUT2D eigenvalue weighted by Gasteiger charge is 2.26. The Morgan fingerprint density at radius 3 is 2.94 bits per heavy atom. The molecule has 90 valence electrons. The van der Waals surface area contributed by atoms with Crippen LogP contribution in [0, 0.1) is 5.92 Å². The van der Waals surface area contributed by atoms with E-state index in [-0.39, 0.29) is 5.83 Å². The number of likely N-dealkylation sites (tertiary alicyclic amines) is 1. The molecular formula is C13H19F2N. The summed E-state index contributed by atoms with van der Waals surface area (Å²) in [6, 6.07) is 0. The van der Waals surface area contributed by atoms with E-state index in [1.807, 2.05) is 0 Å². The SMILES string of the molecule is CCC1CCN(CC2=C(F)C=CCC2F)C1. The lowest BCUT2D eigenvalue weighted by Gasteiger charge is -2.22. The van der Waals surface area contributed by atoms with Gasteiger partial charge in [0, 0.05) is 25.1 Å². The van der Waals surface area contributed by atoms with Gasteiger partial charge in [-0.25, -0.2) is 8.78 Å². The van der Waals surface area contributed by atoms with E-state index in [0.717, 1.165) is 25.9 Å². The molecule has 0 amide bonds. The van der Waals surface area contributed by atoms with E-state index in [1.165, 1.54) is 6.08 Å². The van der Waals surface area contributed by atoms with Gasteiger partial charge in [0.1, 0.15) is 12.0 Å². The van der Waals surface area contributed by atoms with Crippen LogP contribution in [0.1, 0.15) is 26.2 Å². The molecule has 1 fully saturated rings. The van der Waals surface area contributed by atoms with Gasteiger partial charge in [-0.2, -0.15) is 0 Å². The highest BCUT2D eigenvalue weighted by molar-refractivity contribution is 5.29. The molecule has 0 aromatic carbocycles. The molecule has 16 heavy (non-hydrogen) atoms. The van der Waals surface area contributed by atoms with Crippen molar-refractivity contribution in [2.75, 3.05) is 19.6 Å². The van der Waals surface area contributed by atoms with Gasteiger partial charge < -0.3 is 0 Å². The van der Waals surface area contributed by atoms with E-state index in [2.05, 4.69) is 11.8 Å². The molecule has 0 radical (unpaired) electrons. The van der Waals surface area contributed by atoms with Crippen LogP contribution in [0.25, 0.3) is 0 Å². The standard InChI is InChI=1S/C13H19F2N/c1-2-10-6-7-16(8-10)9-11-12(14)4-3-5-13(11)15/h3-4,10,13H,2,5-9H2,1H3. The Bertz CT molecular complexity index is 309. The molecule has 2 aliphatic rings. The Balaban J connectivity index is 1.96. The molecule has 1 heterocycles. The van der Waals surface area contributed by atoms with Gasteiger partial charge in [0.25, 0.3) is 0 Å². The molecule has 1 nitrogen and oxygen atoms in total. The van der Waals surface area contributed by atoms with E-state index in [0.29, 0.717) is 24.5 Å². The van der Waals surface area contributed by atoms with Crippen molar-refractivity contribution in [1.82, 2.24) is 4.90 Å². The summed E-state index contributed by atoms with van der Waals surface area (Å²) in [6.45, 7) is 4.61. The number of rotatable bonds is 3. The van der Waals surface area contributed by atoms with Crippen molar-refractivity contribution in [3.05, 3.63) is 23.6 Å². The molecule has 0 spiro atoms. The summed E-state index contributed by atoms with van der Waals surface area (Å²) in [7, 11) is 0.